The Labute approximate surface area is 127 Å². The lowest BCUT2D eigenvalue weighted by atomic mass is 10.1. The van der Waals surface area contributed by atoms with Gasteiger partial charge in [-0.15, -0.1) is 0 Å². The van der Waals surface area contributed by atoms with Crippen LogP contribution in [0.3, 0.4) is 0 Å². The number of carbonyl (C=O) groups is 1. The fourth-order valence-electron chi connectivity index (χ4n) is 1.68. The van der Waals surface area contributed by atoms with Crippen molar-refractivity contribution in [3.8, 4) is 11.8 Å². The third-order valence-electron chi connectivity index (χ3n) is 2.75. The van der Waals surface area contributed by atoms with Gasteiger partial charge < -0.3 is 14.8 Å². The maximum Gasteiger partial charge on any atom is 0.291 e. The molecule has 0 saturated heterocycles. The van der Waals surface area contributed by atoms with E-state index in [1.54, 1.807) is 12.1 Å². The normalized spacial score (nSPS) is 9.86. The molecule has 108 valence electrons. The maximum atomic E-state index is 12.0. The molecule has 2 rings (SSSR count). The number of halogens is 1. The lowest BCUT2D eigenvalue weighted by molar-refractivity contribution is 0.0997. The van der Waals surface area contributed by atoms with Crippen molar-refractivity contribution in [1.29, 1.82) is 0 Å². The molecule has 0 radical (unpaired) electrons. The molecular formula is C16H14ClNO3. The molecule has 1 heterocycles. The van der Waals surface area contributed by atoms with E-state index in [1.807, 2.05) is 13.0 Å². The van der Waals surface area contributed by atoms with E-state index in [9.17, 15) is 4.79 Å². The summed E-state index contributed by atoms with van der Waals surface area (Å²) in [6.45, 7) is 1.96. The molecule has 0 atom stereocenters. The highest BCUT2D eigenvalue weighted by atomic mass is 35.5. The van der Waals surface area contributed by atoms with Gasteiger partial charge >= 0.3 is 0 Å². The third-order valence-corrected chi connectivity index (χ3v) is 2.96. The van der Waals surface area contributed by atoms with E-state index in [2.05, 4.69) is 17.2 Å². The zero-order chi connectivity index (χ0) is 15.2. The Morgan fingerprint density at radius 1 is 1.38 bits per heavy atom. The molecule has 0 aliphatic heterocycles. The van der Waals surface area contributed by atoms with Crippen molar-refractivity contribution in [2.75, 3.05) is 11.9 Å². The van der Waals surface area contributed by atoms with E-state index in [-0.39, 0.29) is 23.5 Å². The standard InChI is InChI=1S/C16H14ClNO3/c1-11-5-6-13(10-12(11)4-2-3-9-19)18-16(20)14-7-8-15(17)21-14/h5-8,10,19H,3,9H2,1H3,(H,18,20). The van der Waals surface area contributed by atoms with E-state index in [1.165, 1.54) is 12.1 Å². The van der Waals surface area contributed by atoms with E-state index in [0.29, 0.717) is 12.1 Å². The molecule has 1 aromatic heterocycles. The van der Waals surface area contributed by atoms with Gasteiger partial charge in [0.25, 0.3) is 5.91 Å². The second kappa shape index (κ2) is 6.98. The van der Waals surface area contributed by atoms with Crippen LogP contribution in [0.5, 0.6) is 0 Å². The van der Waals surface area contributed by atoms with Crippen LogP contribution in [-0.4, -0.2) is 17.6 Å². The molecule has 0 saturated carbocycles. The molecule has 0 spiro atoms. The van der Waals surface area contributed by atoms with Crippen molar-refractivity contribution in [3.63, 3.8) is 0 Å². The number of carbonyl (C=O) groups excluding carboxylic acids is 1. The molecule has 0 aliphatic rings. The van der Waals surface area contributed by atoms with Crippen molar-refractivity contribution in [3.05, 3.63) is 52.4 Å². The Bertz CT molecular complexity index is 710. The van der Waals surface area contributed by atoms with Gasteiger partial charge in [-0.2, -0.15) is 0 Å². The lowest BCUT2D eigenvalue weighted by Crippen LogP contribution is -2.11. The molecule has 2 aromatic rings. The van der Waals surface area contributed by atoms with Crippen LogP contribution in [-0.2, 0) is 0 Å². The summed E-state index contributed by atoms with van der Waals surface area (Å²) in [4.78, 5) is 12.0. The molecule has 2 N–H and O–H groups in total. The number of nitrogens with one attached hydrogen (secondary N) is 1. The van der Waals surface area contributed by atoms with Crippen molar-refractivity contribution >= 4 is 23.2 Å². The summed E-state index contributed by atoms with van der Waals surface area (Å²) in [6.07, 6.45) is 0.418. The number of hydrogen-bond donors (Lipinski definition) is 2. The fraction of sp³-hybridized carbons (Fsp3) is 0.188. The maximum absolute atomic E-state index is 12.0. The first kappa shape index (κ1) is 15.2. The van der Waals surface area contributed by atoms with Gasteiger partial charge in [-0.3, -0.25) is 4.79 Å². The van der Waals surface area contributed by atoms with Gasteiger partial charge in [0.1, 0.15) is 0 Å². The predicted molar refractivity (Wildman–Crippen MR) is 81.4 cm³/mol. The largest absolute Gasteiger partial charge is 0.440 e. The van der Waals surface area contributed by atoms with Crippen LogP contribution < -0.4 is 5.32 Å². The fourth-order valence-corrected chi connectivity index (χ4v) is 1.82. The summed E-state index contributed by atoms with van der Waals surface area (Å²) in [5.41, 5.74) is 2.42. The number of amides is 1. The number of hydrogen-bond acceptors (Lipinski definition) is 3. The van der Waals surface area contributed by atoms with Crippen molar-refractivity contribution in [2.45, 2.75) is 13.3 Å². The molecule has 21 heavy (non-hydrogen) atoms. The van der Waals surface area contributed by atoms with Crippen LogP contribution in [0.4, 0.5) is 5.69 Å². The number of furan rings is 1. The molecule has 1 aromatic carbocycles. The minimum atomic E-state index is -0.375. The van der Waals surface area contributed by atoms with Gasteiger partial charge in [0.05, 0.1) is 6.61 Å². The van der Waals surface area contributed by atoms with Gasteiger partial charge in [0.15, 0.2) is 11.0 Å². The van der Waals surface area contributed by atoms with Crippen molar-refractivity contribution in [1.82, 2.24) is 0 Å². The molecule has 0 aliphatic carbocycles. The highest BCUT2D eigenvalue weighted by Gasteiger charge is 2.11. The Kier molecular flexibility index (Phi) is 5.04. The smallest absolute Gasteiger partial charge is 0.291 e. The number of rotatable bonds is 3. The van der Waals surface area contributed by atoms with Gasteiger partial charge in [0, 0.05) is 17.7 Å². The zero-order valence-electron chi connectivity index (χ0n) is 11.4. The number of aryl methyl sites for hydroxylation is 1. The summed E-state index contributed by atoms with van der Waals surface area (Å²) in [5.74, 6) is 5.60. The van der Waals surface area contributed by atoms with Crippen LogP contribution in [0, 0.1) is 18.8 Å². The number of aliphatic hydroxyl groups is 1. The van der Waals surface area contributed by atoms with Crippen LogP contribution in [0.1, 0.15) is 28.1 Å². The minimum absolute atomic E-state index is 0.0295. The van der Waals surface area contributed by atoms with Crippen molar-refractivity contribution < 1.29 is 14.3 Å². The van der Waals surface area contributed by atoms with E-state index < -0.39 is 0 Å². The molecule has 0 unspecified atom stereocenters. The molecule has 0 fully saturated rings. The summed E-state index contributed by atoms with van der Waals surface area (Å²) < 4.78 is 5.05. The van der Waals surface area contributed by atoms with Crippen LogP contribution >= 0.6 is 11.6 Å². The Morgan fingerprint density at radius 3 is 2.86 bits per heavy atom. The van der Waals surface area contributed by atoms with Crippen molar-refractivity contribution in [2.24, 2.45) is 0 Å². The van der Waals surface area contributed by atoms with Crippen LogP contribution in [0.2, 0.25) is 5.22 Å². The highest BCUT2D eigenvalue weighted by molar-refractivity contribution is 6.29. The summed E-state index contributed by atoms with van der Waals surface area (Å²) in [6, 6.07) is 8.45. The Balaban J connectivity index is 2.16. The quantitative estimate of drug-likeness (QED) is 0.856. The summed E-state index contributed by atoms with van der Waals surface area (Å²) in [7, 11) is 0. The van der Waals surface area contributed by atoms with Gasteiger partial charge in [-0.25, -0.2) is 0 Å². The molecular weight excluding hydrogens is 290 g/mol. The van der Waals surface area contributed by atoms with Crippen LogP contribution in [0.15, 0.2) is 34.7 Å². The minimum Gasteiger partial charge on any atom is -0.440 e. The Hall–Kier alpha value is -2.22. The average molecular weight is 304 g/mol. The second-order valence-electron chi connectivity index (χ2n) is 4.36. The first-order valence-corrected chi connectivity index (χ1v) is 6.75. The summed E-state index contributed by atoms with van der Waals surface area (Å²) >= 11 is 5.64. The molecule has 4 nitrogen and oxygen atoms in total. The lowest BCUT2D eigenvalue weighted by Gasteiger charge is -2.05. The second-order valence-corrected chi connectivity index (χ2v) is 4.74. The predicted octanol–water partition coefficient (Wildman–Crippen LogP) is 3.23. The molecule has 0 bridgehead atoms. The first-order chi connectivity index (χ1) is 10.1. The van der Waals surface area contributed by atoms with Gasteiger partial charge in [0.2, 0.25) is 0 Å². The van der Waals surface area contributed by atoms with Gasteiger partial charge in [-0.05, 0) is 48.4 Å². The monoisotopic (exact) mass is 303 g/mol. The number of aliphatic hydroxyl groups excluding tert-OH is 1. The number of benzene rings is 1. The average Bonchev–Trinajstić information content (AvgIpc) is 2.89. The van der Waals surface area contributed by atoms with Gasteiger partial charge in [-0.1, -0.05) is 17.9 Å². The van der Waals surface area contributed by atoms with E-state index in [0.717, 1.165) is 11.1 Å². The summed E-state index contributed by atoms with van der Waals surface area (Å²) in [5, 5.41) is 11.6. The zero-order valence-corrected chi connectivity index (χ0v) is 12.2. The van der Waals surface area contributed by atoms with E-state index in [4.69, 9.17) is 21.1 Å². The topological polar surface area (TPSA) is 62.5 Å². The Morgan fingerprint density at radius 2 is 2.19 bits per heavy atom. The van der Waals surface area contributed by atoms with Crippen LogP contribution in [0.25, 0.3) is 0 Å². The number of anilines is 1. The molecule has 5 heteroatoms. The van der Waals surface area contributed by atoms with E-state index >= 15 is 0 Å². The molecule has 1 amide bonds. The SMILES string of the molecule is Cc1ccc(NC(=O)c2ccc(Cl)o2)cc1C#CCCO. The first-order valence-electron chi connectivity index (χ1n) is 6.37. The third kappa shape index (κ3) is 4.12. The highest BCUT2D eigenvalue weighted by Crippen LogP contribution is 2.18.